The highest BCUT2D eigenvalue weighted by atomic mass is 16.5. The van der Waals surface area contributed by atoms with Gasteiger partial charge in [-0.05, 0) is 48.7 Å². The van der Waals surface area contributed by atoms with E-state index in [1.54, 1.807) is 20.3 Å². The highest BCUT2D eigenvalue weighted by Crippen LogP contribution is 2.39. The van der Waals surface area contributed by atoms with Crippen LogP contribution in [0.1, 0.15) is 69.4 Å². The molecule has 1 saturated heterocycles. The number of hydrogen-bond donors (Lipinski definition) is 0. The molecule has 6 nitrogen and oxygen atoms in total. The molecule has 0 aromatic heterocycles. The van der Waals surface area contributed by atoms with Crippen LogP contribution in [-0.2, 0) is 4.79 Å². The van der Waals surface area contributed by atoms with E-state index < -0.39 is 0 Å². The summed E-state index contributed by atoms with van der Waals surface area (Å²) in [4.78, 5) is 17.1. The number of anilines is 1. The third-order valence-corrected chi connectivity index (χ3v) is 7.19. The van der Waals surface area contributed by atoms with Gasteiger partial charge in [0.1, 0.15) is 0 Å². The number of aryl methyl sites for hydroxylation is 1. The number of amides is 1. The topological polar surface area (TPSA) is 51.2 Å². The number of rotatable bonds is 15. The molecule has 0 unspecified atom stereocenters. The quantitative estimate of drug-likeness (QED) is 0.188. The number of benzene rings is 2. The number of nitrogens with zero attached hydrogens (tertiary/aromatic N) is 2. The molecule has 1 amide bonds. The second kappa shape index (κ2) is 16.0. The van der Waals surface area contributed by atoms with Gasteiger partial charge in [-0.1, -0.05) is 70.1 Å². The minimum atomic E-state index is 0.0161. The van der Waals surface area contributed by atoms with Gasteiger partial charge in [0.2, 0.25) is 11.7 Å². The second-order valence-electron chi connectivity index (χ2n) is 10.0. The van der Waals surface area contributed by atoms with E-state index in [0.717, 1.165) is 25.1 Å². The smallest absolute Gasteiger partial charge is 0.246 e. The van der Waals surface area contributed by atoms with Crippen LogP contribution in [-0.4, -0.2) is 57.8 Å². The second-order valence-corrected chi connectivity index (χ2v) is 10.0. The summed E-state index contributed by atoms with van der Waals surface area (Å²) in [6.07, 6.45) is 13.5. The first kappa shape index (κ1) is 29.4. The average molecular weight is 523 g/mol. The number of methoxy groups -OCH3 is 2. The lowest BCUT2D eigenvalue weighted by molar-refractivity contribution is -0.126. The Bertz CT molecular complexity index is 1000. The molecular formula is C32H46N2O4. The summed E-state index contributed by atoms with van der Waals surface area (Å²) in [5.41, 5.74) is 3.35. The summed E-state index contributed by atoms with van der Waals surface area (Å²) in [5.74, 6) is 1.86. The number of para-hydroxylation sites is 1. The summed E-state index contributed by atoms with van der Waals surface area (Å²) in [6, 6.07) is 12.2. The van der Waals surface area contributed by atoms with Crippen LogP contribution < -0.4 is 19.1 Å². The molecule has 0 radical (unpaired) electrons. The molecule has 1 aliphatic rings. The fraction of sp³-hybridized carbons (Fsp3) is 0.531. The molecule has 0 atom stereocenters. The standard InChI is InChI=1S/C32H46N2O4/c1-5-6-7-8-9-10-11-14-23-38-32-29(36-3)24-27(25-30(32)37-4)17-18-31(35)34-21-19-33(20-22-34)28-16-13-12-15-26(28)2/h12-13,15-18,24-25H,5-11,14,19-23H2,1-4H3/b18-17+. The first-order chi connectivity index (χ1) is 18.6. The Morgan fingerprint density at radius 2 is 1.47 bits per heavy atom. The number of unbranched alkanes of at least 4 members (excludes halogenated alkanes) is 7. The number of ether oxygens (including phenoxy) is 3. The van der Waals surface area contributed by atoms with Crippen LogP contribution >= 0.6 is 0 Å². The van der Waals surface area contributed by atoms with Crippen LogP contribution in [0.15, 0.2) is 42.5 Å². The first-order valence-corrected chi connectivity index (χ1v) is 14.2. The van der Waals surface area contributed by atoms with Crippen LogP contribution in [0.5, 0.6) is 17.2 Å². The van der Waals surface area contributed by atoms with Crippen molar-refractivity contribution in [1.29, 1.82) is 0 Å². The predicted molar refractivity (Wildman–Crippen MR) is 157 cm³/mol. The zero-order valence-electron chi connectivity index (χ0n) is 23.8. The number of carbonyl (C=O) groups is 1. The molecule has 0 aliphatic carbocycles. The van der Waals surface area contributed by atoms with Gasteiger partial charge in [-0.3, -0.25) is 4.79 Å². The van der Waals surface area contributed by atoms with Crippen molar-refractivity contribution in [1.82, 2.24) is 4.90 Å². The van der Waals surface area contributed by atoms with E-state index in [9.17, 15) is 4.79 Å². The van der Waals surface area contributed by atoms with E-state index in [0.29, 0.717) is 36.9 Å². The Labute approximate surface area is 229 Å². The van der Waals surface area contributed by atoms with Crippen LogP contribution in [0.3, 0.4) is 0 Å². The van der Waals surface area contributed by atoms with Crippen molar-refractivity contribution in [2.45, 2.75) is 65.2 Å². The van der Waals surface area contributed by atoms with Crippen molar-refractivity contribution in [2.75, 3.05) is 51.9 Å². The summed E-state index contributed by atoms with van der Waals surface area (Å²) >= 11 is 0. The van der Waals surface area contributed by atoms with Gasteiger partial charge >= 0.3 is 0 Å². The lowest BCUT2D eigenvalue weighted by Gasteiger charge is -2.36. The van der Waals surface area contributed by atoms with Gasteiger partial charge in [-0.2, -0.15) is 0 Å². The molecule has 1 aliphatic heterocycles. The Hall–Kier alpha value is -3.15. The molecule has 1 fully saturated rings. The Balaban J connectivity index is 1.51. The molecule has 0 spiro atoms. The summed E-state index contributed by atoms with van der Waals surface area (Å²) in [7, 11) is 3.26. The van der Waals surface area contributed by atoms with Crippen LogP contribution in [0.4, 0.5) is 5.69 Å². The normalized spacial score (nSPS) is 13.7. The van der Waals surface area contributed by atoms with Crippen molar-refractivity contribution in [2.24, 2.45) is 0 Å². The Kier molecular flexibility index (Phi) is 12.3. The van der Waals surface area contributed by atoms with Crippen molar-refractivity contribution in [3.63, 3.8) is 0 Å². The molecule has 38 heavy (non-hydrogen) atoms. The maximum absolute atomic E-state index is 12.9. The maximum atomic E-state index is 12.9. The van der Waals surface area contributed by atoms with E-state index in [2.05, 4.69) is 43.0 Å². The molecule has 208 valence electrons. The highest BCUT2D eigenvalue weighted by Gasteiger charge is 2.21. The van der Waals surface area contributed by atoms with Crippen LogP contribution in [0.2, 0.25) is 0 Å². The number of hydrogen-bond acceptors (Lipinski definition) is 5. The Morgan fingerprint density at radius 3 is 2.08 bits per heavy atom. The fourth-order valence-electron chi connectivity index (χ4n) is 4.91. The fourth-order valence-corrected chi connectivity index (χ4v) is 4.91. The van der Waals surface area contributed by atoms with Crippen LogP contribution in [0, 0.1) is 6.92 Å². The molecule has 2 aromatic carbocycles. The molecule has 0 N–H and O–H groups in total. The van der Waals surface area contributed by atoms with Gasteiger partial charge in [0.25, 0.3) is 0 Å². The SMILES string of the molecule is CCCCCCCCCCOc1c(OC)cc(/C=C/C(=O)N2CCN(c3ccccc3C)CC2)cc1OC. The third kappa shape index (κ3) is 8.71. The van der Waals surface area contributed by atoms with E-state index in [1.165, 1.54) is 56.2 Å². The molecule has 1 heterocycles. The molecule has 0 saturated carbocycles. The van der Waals surface area contributed by atoms with Crippen LogP contribution in [0.25, 0.3) is 6.08 Å². The largest absolute Gasteiger partial charge is 0.493 e. The average Bonchev–Trinajstić information content (AvgIpc) is 2.95. The summed E-state index contributed by atoms with van der Waals surface area (Å²) in [5, 5.41) is 0. The number of piperazine rings is 1. The monoisotopic (exact) mass is 522 g/mol. The van der Waals surface area contributed by atoms with Crippen molar-refractivity contribution in [3.05, 3.63) is 53.6 Å². The molecule has 3 rings (SSSR count). The van der Waals surface area contributed by atoms with E-state index in [1.807, 2.05) is 23.1 Å². The van der Waals surface area contributed by atoms with Crippen molar-refractivity contribution in [3.8, 4) is 17.2 Å². The molecule has 2 aromatic rings. The minimum Gasteiger partial charge on any atom is -0.493 e. The van der Waals surface area contributed by atoms with Gasteiger partial charge in [0, 0.05) is 37.9 Å². The van der Waals surface area contributed by atoms with E-state index in [-0.39, 0.29) is 5.91 Å². The van der Waals surface area contributed by atoms with Gasteiger partial charge < -0.3 is 24.0 Å². The van der Waals surface area contributed by atoms with Gasteiger partial charge in [-0.25, -0.2) is 0 Å². The van der Waals surface area contributed by atoms with E-state index in [4.69, 9.17) is 14.2 Å². The summed E-state index contributed by atoms with van der Waals surface area (Å²) < 4.78 is 17.3. The zero-order valence-corrected chi connectivity index (χ0v) is 23.8. The van der Waals surface area contributed by atoms with Crippen molar-refractivity contribution < 1.29 is 19.0 Å². The predicted octanol–water partition coefficient (Wildman–Crippen LogP) is 6.89. The first-order valence-electron chi connectivity index (χ1n) is 14.2. The van der Waals surface area contributed by atoms with Gasteiger partial charge in [-0.15, -0.1) is 0 Å². The van der Waals surface area contributed by atoms with Crippen molar-refractivity contribution >= 4 is 17.7 Å². The Morgan fingerprint density at radius 1 is 0.868 bits per heavy atom. The lowest BCUT2D eigenvalue weighted by Crippen LogP contribution is -2.48. The minimum absolute atomic E-state index is 0.0161. The third-order valence-electron chi connectivity index (χ3n) is 7.19. The zero-order chi connectivity index (χ0) is 27.2. The van der Waals surface area contributed by atoms with Gasteiger partial charge in [0.05, 0.1) is 20.8 Å². The summed E-state index contributed by atoms with van der Waals surface area (Å²) in [6.45, 7) is 8.08. The highest BCUT2D eigenvalue weighted by molar-refractivity contribution is 5.92. The molecule has 6 heteroatoms. The molecule has 0 bridgehead atoms. The van der Waals surface area contributed by atoms with Gasteiger partial charge in [0.15, 0.2) is 11.5 Å². The lowest BCUT2D eigenvalue weighted by atomic mass is 10.1. The van der Waals surface area contributed by atoms with E-state index >= 15 is 0 Å². The number of carbonyl (C=O) groups excluding carboxylic acids is 1. The molecular weight excluding hydrogens is 476 g/mol. The maximum Gasteiger partial charge on any atom is 0.246 e.